The van der Waals surface area contributed by atoms with Crippen LogP contribution in [0.4, 0.5) is 0 Å². The van der Waals surface area contributed by atoms with Crippen molar-refractivity contribution >= 4 is 11.9 Å². The van der Waals surface area contributed by atoms with E-state index in [1.54, 1.807) is 6.08 Å². The van der Waals surface area contributed by atoms with Crippen LogP contribution in [0.5, 0.6) is 0 Å². The first-order valence-corrected chi connectivity index (χ1v) is 7.46. The van der Waals surface area contributed by atoms with Crippen LogP contribution >= 0.6 is 0 Å². The maximum Gasteiger partial charge on any atom is 0.326 e. The topological polar surface area (TPSA) is 66.4 Å². The van der Waals surface area contributed by atoms with E-state index in [0.29, 0.717) is 13.3 Å². The van der Waals surface area contributed by atoms with Crippen LogP contribution in [0.15, 0.2) is 12.2 Å². The molecule has 0 aromatic carbocycles. The summed E-state index contributed by atoms with van der Waals surface area (Å²) in [5.41, 5.74) is 0. The Labute approximate surface area is 124 Å². The van der Waals surface area contributed by atoms with Crippen molar-refractivity contribution in [3.05, 3.63) is 12.2 Å². The summed E-state index contributed by atoms with van der Waals surface area (Å²) < 4.78 is 7.03. The fourth-order valence-electron chi connectivity index (χ4n) is 1.90. The van der Waals surface area contributed by atoms with E-state index in [-0.39, 0.29) is 11.8 Å². The minimum atomic E-state index is -0.986. The summed E-state index contributed by atoms with van der Waals surface area (Å²) in [5, 5.41) is 11.6. The van der Waals surface area contributed by atoms with Gasteiger partial charge in [0, 0.05) is 1.37 Å². The third-order valence-electron chi connectivity index (χ3n) is 2.96. The predicted octanol–water partition coefficient (Wildman–Crippen LogP) is 3.52. The summed E-state index contributed by atoms with van der Waals surface area (Å²) in [6, 6.07) is -0.813. The molecule has 0 saturated carbocycles. The van der Waals surface area contributed by atoms with Crippen LogP contribution in [0.3, 0.4) is 0 Å². The van der Waals surface area contributed by atoms with Crippen LogP contribution < -0.4 is 5.32 Å². The standard InChI is InChI=1S/C16H29NO3/c1-4-5-6-7-8-9-10-11-15(18)17-14(16(19)20)12-13(2)3/h10-11,13-14H,4-9,12H2,1-3H3,(H,17,18)(H,19,20)/b11-10+/t14-/m0/s1/i1D. The Morgan fingerprint density at radius 2 is 1.95 bits per heavy atom. The van der Waals surface area contributed by atoms with E-state index in [4.69, 9.17) is 6.48 Å². The average molecular weight is 284 g/mol. The Morgan fingerprint density at radius 3 is 2.55 bits per heavy atom. The number of nitrogens with one attached hydrogen (secondary N) is 1. The summed E-state index contributed by atoms with van der Waals surface area (Å²) in [7, 11) is 0. The molecule has 0 rings (SSSR count). The summed E-state index contributed by atoms with van der Waals surface area (Å²) in [5.74, 6) is -1.10. The average Bonchev–Trinajstić information content (AvgIpc) is 2.40. The third-order valence-corrected chi connectivity index (χ3v) is 2.96. The number of hydrogen-bond acceptors (Lipinski definition) is 2. The number of amides is 1. The van der Waals surface area contributed by atoms with E-state index < -0.39 is 12.0 Å². The largest absolute Gasteiger partial charge is 0.480 e. The van der Waals surface area contributed by atoms with Crippen molar-refractivity contribution in [1.82, 2.24) is 5.32 Å². The van der Waals surface area contributed by atoms with Gasteiger partial charge in [0.25, 0.3) is 0 Å². The SMILES string of the molecule is [2H]CCCCCCC/C=C/C(=O)N[C@@H](CC(C)C)C(=O)O. The number of aliphatic carboxylic acids is 1. The van der Waals surface area contributed by atoms with Gasteiger partial charge >= 0.3 is 5.97 Å². The fraction of sp³-hybridized carbons (Fsp3) is 0.750. The van der Waals surface area contributed by atoms with Gasteiger partial charge in [-0.05, 0) is 31.3 Å². The Hall–Kier alpha value is -1.32. The van der Waals surface area contributed by atoms with Crippen LogP contribution in [0.1, 0.15) is 67.1 Å². The lowest BCUT2D eigenvalue weighted by molar-refractivity contribution is -0.141. The molecule has 0 heterocycles. The van der Waals surface area contributed by atoms with Gasteiger partial charge in [0.15, 0.2) is 0 Å². The second kappa shape index (κ2) is 11.5. The van der Waals surface area contributed by atoms with Crippen molar-refractivity contribution in [2.45, 2.75) is 71.7 Å². The molecule has 0 aliphatic rings. The molecule has 0 aliphatic carbocycles. The highest BCUT2D eigenvalue weighted by molar-refractivity contribution is 5.91. The molecule has 0 unspecified atom stereocenters. The molecule has 2 N–H and O–H groups in total. The summed E-state index contributed by atoms with van der Waals surface area (Å²) in [6.45, 7) is 4.36. The molecule has 0 bridgehead atoms. The second-order valence-corrected chi connectivity index (χ2v) is 5.49. The van der Waals surface area contributed by atoms with Gasteiger partial charge in [0.05, 0.1) is 0 Å². The molecule has 0 fully saturated rings. The number of rotatable bonds is 11. The zero-order valence-electron chi connectivity index (χ0n) is 13.7. The highest BCUT2D eigenvalue weighted by Crippen LogP contribution is 2.06. The molecule has 0 saturated heterocycles. The van der Waals surface area contributed by atoms with Crippen LogP contribution in [0, 0.1) is 5.92 Å². The Morgan fingerprint density at radius 1 is 1.25 bits per heavy atom. The molecule has 116 valence electrons. The van der Waals surface area contributed by atoms with Gasteiger partial charge in [-0.3, -0.25) is 4.79 Å². The first-order valence-electron chi connectivity index (χ1n) is 8.17. The first-order chi connectivity index (χ1) is 9.97. The molecule has 4 nitrogen and oxygen atoms in total. The summed E-state index contributed by atoms with van der Waals surface area (Å²) in [6.07, 6.45) is 9.82. The van der Waals surface area contributed by atoms with Gasteiger partial charge in [0.1, 0.15) is 6.04 Å². The molecule has 4 heteroatoms. The third kappa shape index (κ3) is 10.6. The van der Waals surface area contributed by atoms with E-state index in [1.807, 2.05) is 13.8 Å². The van der Waals surface area contributed by atoms with Gasteiger partial charge in [-0.15, -0.1) is 0 Å². The molecule has 1 amide bonds. The summed E-state index contributed by atoms with van der Waals surface area (Å²) in [4.78, 5) is 22.7. The fourth-order valence-corrected chi connectivity index (χ4v) is 1.90. The van der Waals surface area contributed by atoms with Gasteiger partial charge in [-0.1, -0.05) is 52.5 Å². The van der Waals surface area contributed by atoms with Crippen molar-refractivity contribution < 1.29 is 16.1 Å². The molecule has 1 atom stereocenters. The number of carbonyl (C=O) groups is 2. The van der Waals surface area contributed by atoms with Gasteiger partial charge in [0.2, 0.25) is 5.91 Å². The lowest BCUT2D eigenvalue weighted by atomic mass is 10.0. The Balaban J connectivity index is 3.85. The number of hydrogen-bond donors (Lipinski definition) is 2. The highest BCUT2D eigenvalue weighted by atomic mass is 16.4. The van der Waals surface area contributed by atoms with Crippen molar-refractivity contribution in [3.8, 4) is 0 Å². The molecule has 0 aromatic heterocycles. The number of carboxylic acid groups (broad SMARTS) is 1. The zero-order chi connectivity index (χ0) is 16.1. The number of carbonyl (C=O) groups excluding carboxylic acids is 1. The zero-order valence-corrected chi connectivity index (χ0v) is 12.7. The van der Waals surface area contributed by atoms with E-state index in [9.17, 15) is 9.59 Å². The summed E-state index contributed by atoms with van der Waals surface area (Å²) >= 11 is 0. The van der Waals surface area contributed by atoms with Gasteiger partial charge in [-0.2, -0.15) is 0 Å². The van der Waals surface area contributed by atoms with Crippen LogP contribution in [-0.4, -0.2) is 23.0 Å². The van der Waals surface area contributed by atoms with Gasteiger partial charge < -0.3 is 10.4 Å². The van der Waals surface area contributed by atoms with Gasteiger partial charge in [-0.25, -0.2) is 4.79 Å². The quantitative estimate of drug-likeness (QED) is 0.450. The van der Waals surface area contributed by atoms with E-state index in [2.05, 4.69) is 5.32 Å². The molecule has 0 radical (unpaired) electrons. The first kappa shape index (κ1) is 16.7. The van der Waals surface area contributed by atoms with Crippen LogP contribution in [0.2, 0.25) is 0 Å². The van der Waals surface area contributed by atoms with E-state index >= 15 is 0 Å². The lowest BCUT2D eigenvalue weighted by Gasteiger charge is -2.15. The minimum Gasteiger partial charge on any atom is -0.480 e. The molecular weight excluding hydrogens is 254 g/mol. The number of unbranched alkanes of at least 4 members (excludes halogenated alkanes) is 5. The van der Waals surface area contributed by atoms with Crippen LogP contribution in [0.25, 0.3) is 0 Å². The number of carboxylic acids is 1. The highest BCUT2D eigenvalue weighted by Gasteiger charge is 2.19. The van der Waals surface area contributed by atoms with Crippen molar-refractivity contribution in [3.63, 3.8) is 0 Å². The van der Waals surface area contributed by atoms with Crippen LogP contribution in [-0.2, 0) is 9.59 Å². The molecule has 0 spiro atoms. The smallest absolute Gasteiger partial charge is 0.326 e. The van der Waals surface area contributed by atoms with E-state index in [0.717, 1.165) is 38.5 Å². The maximum atomic E-state index is 11.6. The predicted molar refractivity (Wildman–Crippen MR) is 81.5 cm³/mol. The van der Waals surface area contributed by atoms with Crippen molar-refractivity contribution in [1.29, 1.82) is 0 Å². The number of allylic oxidation sites excluding steroid dienone is 1. The Bertz CT molecular complexity index is 329. The maximum absolute atomic E-state index is 11.6. The monoisotopic (exact) mass is 284 g/mol. The molecule has 20 heavy (non-hydrogen) atoms. The second-order valence-electron chi connectivity index (χ2n) is 5.49. The molecule has 0 aliphatic heterocycles. The lowest BCUT2D eigenvalue weighted by Crippen LogP contribution is -2.40. The van der Waals surface area contributed by atoms with E-state index in [1.165, 1.54) is 6.08 Å². The normalized spacial score (nSPS) is 13.4. The molecular formula is C16H29NO3. The van der Waals surface area contributed by atoms with Crippen molar-refractivity contribution in [2.75, 3.05) is 0 Å². The Kier molecular flexibility index (Phi) is 9.62. The molecule has 0 aromatic rings. The van der Waals surface area contributed by atoms with Crippen molar-refractivity contribution in [2.24, 2.45) is 5.92 Å². The minimum absolute atomic E-state index is 0.221.